The lowest BCUT2D eigenvalue weighted by Gasteiger charge is -2.42. The molecule has 32 heavy (non-hydrogen) atoms. The Kier molecular flexibility index (Phi) is 9.99. The molecule has 180 valence electrons. The van der Waals surface area contributed by atoms with Gasteiger partial charge in [-0.2, -0.15) is 0 Å². The van der Waals surface area contributed by atoms with Crippen molar-refractivity contribution in [2.45, 2.75) is 84.2 Å². The lowest BCUT2D eigenvalue weighted by atomic mass is 9.99. The Labute approximate surface area is 195 Å². The Bertz CT molecular complexity index is 732. The van der Waals surface area contributed by atoms with Crippen molar-refractivity contribution >= 4 is 14.3 Å². The highest BCUT2D eigenvalue weighted by molar-refractivity contribution is 6.77. The molecule has 0 N–H and O–H groups in total. The Balaban J connectivity index is 1.88. The number of cyclic esters (lactones) is 1. The highest BCUT2D eigenvalue weighted by Gasteiger charge is 2.45. The van der Waals surface area contributed by atoms with Gasteiger partial charge in [-0.05, 0) is 34.3 Å². The summed E-state index contributed by atoms with van der Waals surface area (Å²) in [4.78, 5) is 12.7. The monoisotopic (exact) mass is 462 g/mol. The van der Waals surface area contributed by atoms with E-state index < -0.39 is 8.32 Å². The summed E-state index contributed by atoms with van der Waals surface area (Å²) in [6.07, 6.45) is 2.55. The van der Waals surface area contributed by atoms with Crippen molar-refractivity contribution in [1.82, 2.24) is 0 Å². The van der Waals surface area contributed by atoms with Gasteiger partial charge in [0.25, 0.3) is 0 Å². The first kappa shape index (κ1) is 26.6. The van der Waals surface area contributed by atoms with Gasteiger partial charge in [0.2, 0.25) is 8.32 Å². The summed E-state index contributed by atoms with van der Waals surface area (Å²) >= 11 is 0. The predicted molar refractivity (Wildman–Crippen MR) is 131 cm³/mol. The van der Waals surface area contributed by atoms with E-state index in [1.165, 1.54) is 0 Å². The van der Waals surface area contributed by atoms with Crippen LogP contribution in [-0.2, 0) is 25.3 Å². The average Bonchev–Trinajstić information content (AvgIpc) is 2.74. The van der Waals surface area contributed by atoms with Gasteiger partial charge >= 0.3 is 5.97 Å². The second-order valence-electron chi connectivity index (χ2n) is 9.86. The van der Waals surface area contributed by atoms with E-state index in [-0.39, 0.29) is 18.0 Å². The fourth-order valence-electron chi connectivity index (χ4n) is 4.96. The van der Waals surface area contributed by atoms with Crippen LogP contribution in [0.5, 0.6) is 5.75 Å². The van der Waals surface area contributed by atoms with E-state index in [1.807, 2.05) is 30.3 Å². The van der Waals surface area contributed by atoms with Crippen molar-refractivity contribution in [2.24, 2.45) is 5.92 Å². The number of carbonyl (C=O) groups is 1. The molecule has 0 spiro atoms. The van der Waals surface area contributed by atoms with Gasteiger partial charge in [0.1, 0.15) is 11.9 Å². The summed E-state index contributed by atoms with van der Waals surface area (Å²) in [5.41, 5.74) is 3.20. The fourth-order valence-corrected chi connectivity index (χ4v) is 10.4. The van der Waals surface area contributed by atoms with Crippen molar-refractivity contribution in [1.29, 1.82) is 0 Å². The molecule has 1 heterocycles. The normalized spacial score (nSPS) is 18.2. The Hall–Kier alpha value is -1.63. The maximum atomic E-state index is 12.7. The third kappa shape index (κ3) is 6.46. The van der Waals surface area contributed by atoms with Crippen LogP contribution in [0.4, 0.5) is 0 Å². The quantitative estimate of drug-likeness (QED) is 0.270. The highest BCUT2D eigenvalue weighted by Crippen LogP contribution is 2.42. The second kappa shape index (κ2) is 12.0. The van der Waals surface area contributed by atoms with Crippen LogP contribution in [0.3, 0.4) is 0 Å². The zero-order chi connectivity index (χ0) is 23.9. The van der Waals surface area contributed by atoms with Gasteiger partial charge in [-0.3, -0.25) is 0 Å². The lowest BCUT2D eigenvalue weighted by Crippen LogP contribution is -2.48. The van der Waals surface area contributed by atoms with Crippen LogP contribution >= 0.6 is 0 Å². The molecule has 0 radical (unpaired) electrons. The molecule has 0 fully saturated rings. The van der Waals surface area contributed by atoms with Crippen molar-refractivity contribution in [3.05, 3.63) is 41.5 Å². The van der Waals surface area contributed by atoms with Gasteiger partial charge < -0.3 is 18.6 Å². The maximum absolute atomic E-state index is 12.7. The van der Waals surface area contributed by atoms with E-state index in [2.05, 4.69) is 48.5 Å². The molecule has 0 saturated heterocycles. The molecule has 2 rings (SSSR count). The number of benzene rings is 1. The van der Waals surface area contributed by atoms with E-state index in [1.54, 1.807) is 7.11 Å². The first-order valence-corrected chi connectivity index (χ1v) is 14.0. The summed E-state index contributed by atoms with van der Waals surface area (Å²) in [5.74, 6) is 0.701. The number of rotatable bonds is 12. The van der Waals surface area contributed by atoms with Crippen LogP contribution in [-0.4, -0.2) is 40.7 Å². The van der Waals surface area contributed by atoms with Crippen LogP contribution in [0.2, 0.25) is 16.6 Å². The van der Waals surface area contributed by atoms with E-state index in [0.717, 1.165) is 11.3 Å². The molecule has 0 aliphatic carbocycles. The molecule has 1 aliphatic heterocycles. The number of hydrogen-bond donors (Lipinski definition) is 0. The van der Waals surface area contributed by atoms with Gasteiger partial charge in [0.05, 0.1) is 32.5 Å². The zero-order valence-corrected chi connectivity index (χ0v) is 22.1. The molecule has 1 aromatic rings. The van der Waals surface area contributed by atoms with Crippen molar-refractivity contribution in [2.75, 3.05) is 20.3 Å². The minimum atomic E-state index is -2.01. The van der Waals surface area contributed by atoms with Gasteiger partial charge in [-0.15, -0.1) is 0 Å². The molecule has 5 nitrogen and oxygen atoms in total. The molecule has 1 aliphatic rings. The summed E-state index contributed by atoms with van der Waals surface area (Å²) in [7, 11) is -0.358. The number of esters is 1. The molecule has 0 unspecified atom stereocenters. The molecular formula is C26H42O5Si. The molecule has 2 atom stereocenters. The van der Waals surface area contributed by atoms with Crippen LogP contribution in [0.25, 0.3) is 0 Å². The standard InChI is InChI=1S/C26H42O5Si/c1-18(2)32(19(3)4,20(5)6)30-17-23-11-14-25(31-26(23)27)21(7)15-29-16-22-9-12-24(28-8)13-10-22/h9-13,18-21,25H,14-17H2,1-8H3/t21-,25-/m1/s1. The molecule has 6 heteroatoms. The fraction of sp³-hybridized carbons (Fsp3) is 0.654. The van der Waals surface area contributed by atoms with Gasteiger partial charge in [-0.1, -0.05) is 66.7 Å². The number of carbonyl (C=O) groups excluding carboxylic acids is 1. The molecule has 1 aromatic carbocycles. The van der Waals surface area contributed by atoms with Crippen molar-refractivity contribution in [3.8, 4) is 5.75 Å². The average molecular weight is 463 g/mol. The molecule has 0 bridgehead atoms. The molecule has 0 aromatic heterocycles. The van der Waals surface area contributed by atoms with Crippen LogP contribution in [0.1, 0.15) is 60.5 Å². The van der Waals surface area contributed by atoms with E-state index in [9.17, 15) is 4.79 Å². The topological polar surface area (TPSA) is 54.0 Å². The van der Waals surface area contributed by atoms with E-state index >= 15 is 0 Å². The minimum absolute atomic E-state index is 0.117. The predicted octanol–water partition coefficient (Wildman–Crippen LogP) is 6.28. The highest BCUT2D eigenvalue weighted by atomic mass is 28.4. The first-order valence-electron chi connectivity index (χ1n) is 11.9. The van der Waals surface area contributed by atoms with Crippen LogP contribution < -0.4 is 4.74 Å². The van der Waals surface area contributed by atoms with Crippen molar-refractivity contribution < 1.29 is 23.4 Å². The van der Waals surface area contributed by atoms with Crippen LogP contribution in [0.15, 0.2) is 35.9 Å². The smallest absolute Gasteiger partial charge is 0.336 e. The third-order valence-corrected chi connectivity index (χ3v) is 12.8. The number of ether oxygens (including phenoxy) is 3. The van der Waals surface area contributed by atoms with Crippen molar-refractivity contribution in [3.63, 3.8) is 0 Å². The Morgan fingerprint density at radius 3 is 2.06 bits per heavy atom. The first-order chi connectivity index (χ1) is 15.1. The van der Waals surface area contributed by atoms with Gasteiger partial charge in [0, 0.05) is 12.3 Å². The number of hydrogen-bond acceptors (Lipinski definition) is 5. The summed E-state index contributed by atoms with van der Waals surface area (Å²) in [5, 5.41) is 0. The number of methoxy groups -OCH3 is 1. The minimum Gasteiger partial charge on any atom is -0.497 e. The summed E-state index contributed by atoms with van der Waals surface area (Å²) < 4.78 is 23.4. The molecule has 0 saturated carbocycles. The van der Waals surface area contributed by atoms with E-state index in [4.69, 9.17) is 18.6 Å². The summed E-state index contributed by atoms with van der Waals surface area (Å²) in [6.45, 7) is 17.0. The Morgan fingerprint density at radius 1 is 0.969 bits per heavy atom. The van der Waals surface area contributed by atoms with Crippen LogP contribution in [0, 0.1) is 5.92 Å². The molecule has 0 amide bonds. The van der Waals surface area contributed by atoms with Gasteiger partial charge in [-0.25, -0.2) is 4.79 Å². The largest absolute Gasteiger partial charge is 0.497 e. The molecular weight excluding hydrogens is 420 g/mol. The lowest BCUT2D eigenvalue weighted by molar-refractivity contribution is -0.149. The second-order valence-corrected chi connectivity index (χ2v) is 15.3. The summed E-state index contributed by atoms with van der Waals surface area (Å²) in [6, 6.07) is 7.84. The van der Waals surface area contributed by atoms with E-state index in [0.29, 0.717) is 48.4 Å². The third-order valence-electron chi connectivity index (χ3n) is 6.75. The SMILES string of the molecule is COc1ccc(COC[C@@H](C)[C@H]2CC=C(CO[Si](C(C)C)(C(C)C)C(C)C)C(=O)O2)cc1. The van der Waals surface area contributed by atoms with Gasteiger partial charge in [0.15, 0.2) is 0 Å². The Morgan fingerprint density at radius 2 is 1.56 bits per heavy atom. The maximum Gasteiger partial charge on any atom is 0.336 e. The zero-order valence-electron chi connectivity index (χ0n) is 21.1.